The molecular weight excluding hydrogens is 819 g/mol. The van der Waals surface area contributed by atoms with E-state index in [-0.39, 0.29) is 50.1 Å². The van der Waals surface area contributed by atoms with E-state index in [4.69, 9.17) is 14.3 Å². The van der Waals surface area contributed by atoms with E-state index in [9.17, 15) is 19.8 Å². The van der Waals surface area contributed by atoms with Gasteiger partial charge in [0.05, 0.1) is 32.4 Å². The molecule has 0 aromatic heterocycles. The number of rotatable bonds is 19. The molecule has 0 spiro atoms. The predicted octanol–water partition coefficient (Wildman–Crippen LogP) is 6.96. The number of anilines is 1. The molecule has 12 heteroatoms. The zero-order valence-electron chi connectivity index (χ0n) is 39.8. The van der Waals surface area contributed by atoms with Crippen LogP contribution in [0.3, 0.4) is 0 Å². The minimum Gasteiger partial charge on any atom is -0.497 e. The fraction of sp³-hybridized carbons (Fsp3) is 0.509. The lowest BCUT2D eigenvalue weighted by Gasteiger charge is -2.62. The number of ether oxygens (including phenoxy) is 2. The van der Waals surface area contributed by atoms with E-state index < -0.39 is 24.2 Å². The average molecular weight is 890 g/mol. The Morgan fingerprint density at radius 1 is 0.954 bits per heavy atom. The number of hydrogen-bond donors (Lipinski definition) is 4. The van der Waals surface area contributed by atoms with E-state index in [1.165, 1.54) is 6.42 Å². The Morgan fingerprint density at radius 2 is 1.69 bits per heavy atom. The van der Waals surface area contributed by atoms with Gasteiger partial charge in [-0.15, -0.1) is 0 Å². The summed E-state index contributed by atoms with van der Waals surface area (Å²) in [5, 5.41) is 30.2. The van der Waals surface area contributed by atoms with E-state index in [1.807, 2.05) is 106 Å². The second-order valence-corrected chi connectivity index (χ2v) is 19.8. The van der Waals surface area contributed by atoms with Crippen LogP contribution in [-0.2, 0) is 29.2 Å². The first-order valence-electron chi connectivity index (χ1n) is 23.3. The molecule has 9 atom stereocenters. The van der Waals surface area contributed by atoms with Crippen molar-refractivity contribution >= 4 is 17.5 Å². The fourth-order valence-electron chi connectivity index (χ4n) is 10.8. The highest BCUT2D eigenvalue weighted by Gasteiger charge is 2.56. The number of aliphatic hydroxyl groups excluding tert-OH is 2. The highest BCUT2D eigenvalue weighted by molar-refractivity contribution is 5.97. The molecule has 4 fully saturated rings. The number of carbonyl (C=O) groups excluding carboxylic acids is 2. The lowest BCUT2D eigenvalue weighted by molar-refractivity contribution is -0.180. The van der Waals surface area contributed by atoms with Crippen LogP contribution in [-0.4, -0.2) is 111 Å². The van der Waals surface area contributed by atoms with Crippen molar-refractivity contribution < 1.29 is 34.1 Å². The van der Waals surface area contributed by atoms with Gasteiger partial charge < -0.3 is 40.1 Å². The van der Waals surface area contributed by atoms with Crippen LogP contribution in [0, 0.1) is 29.1 Å². The Balaban J connectivity index is 1.22. The van der Waals surface area contributed by atoms with Crippen molar-refractivity contribution in [2.24, 2.45) is 29.1 Å². The number of hydrogen-bond acceptors (Lipinski definition) is 10. The number of nitrogens with zero attached hydrogens (tertiary/aromatic N) is 3. The Morgan fingerprint density at radius 3 is 2.32 bits per heavy atom. The number of methoxy groups -OCH3 is 1. The van der Waals surface area contributed by atoms with Crippen LogP contribution in [0.2, 0.25) is 0 Å². The van der Waals surface area contributed by atoms with Gasteiger partial charge in [-0.2, -0.15) is 5.06 Å². The zero-order chi connectivity index (χ0) is 46.6. The number of carbonyl (C=O) groups is 2. The summed E-state index contributed by atoms with van der Waals surface area (Å²) in [5.74, 6) is 2.08. The second-order valence-electron chi connectivity index (χ2n) is 19.8. The van der Waals surface area contributed by atoms with Gasteiger partial charge in [0.15, 0.2) is 0 Å². The summed E-state index contributed by atoms with van der Waals surface area (Å²) >= 11 is 0. The first kappa shape index (κ1) is 48.0. The summed E-state index contributed by atoms with van der Waals surface area (Å²) in [5.41, 5.74) is 6.07. The topological polar surface area (TPSA) is 136 Å². The normalized spacial score (nSPS) is 24.5. The lowest BCUT2D eigenvalue weighted by atomic mass is 9.45. The van der Waals surface area contributed by atoms with Crippen molar-refractivity contribution in [3.63, 3.8) is 0 Å². The van der Waals surface area contributed by atoms with Crippen molar-refractivity contribution in [3.8, 4) is 22.6 Å². The lowest BCUT2D eigenvalue weighted by Crippen LogP contribution is -2.61. The van der Waals surface area contributed by atoms with Crippen molar-refractivity contribution in [2.75, 3.05) is 53.4 Å². The van der Waals surface area contributed by atoms with Crippen LogP contribution in [0.1, 0.15) is 74.0 Å². The monoisotopic (exact) mass is 890 g/mol. The predicted molar refractivity (Wildman–Crippen MR) is 256 cm³/mol. The number of amides is 2. The van der Waals surface area contributed by atoms with E-state index in [0.717, 1.165) is 45.7 Å². The van der Waals surface area contributed by atoms with Crippen molar-refractivity contribution in [1.29, 1.82) is 0 Å². The number of likely N-dealkylation sites (N-methyl/N-ethyl adjacent to an activating group) is 1. The second kappa shape index (κ2) is 20.7. The van der Waals surface area contributed by atoms with Gasteiger partial charge >= 0.3 is 0 Å². The molecule has 350 valence electrons. The highest BCUT2D eigenvalue weighted by atomic mass is 16.7. The summed E-state index contributed by atoms with van der Waals surface area (Å²) in [6.45, 7) is 9.45. The molecule has 0 unspecified atom stereocenters. The quantitative estimate of drug-likeness (QED) is 0.0783. The van der Waals surface area contributed by atoms with E-state index in [2.05, 4.69) is 54.5 Å². The Bertz CT molecular complexity index is 2230. The SMILES string of the molecule is COc1ccc(COc2c(CN3O[C@@H](CO)[C@H]([C@H](C)O)[C@H]3CC(=O)N[C@H]3C[C@H]4C[C@@H]([C@@H]3C)C4(C)C)cccc2-c2cc(C(=O)N[C@@H](Cc3ccccc3)CN(C)C)cc(N(C)C)c2)cc1. The first-order chi connectivity index (χ1) is 31.1. The number of para-hydroxylation sites is 1. The molecule has 0 radical (unpaired) electrons. The molecule has 4 aromatic rings. The van der Waals surface area contributed by atoms with Crippen LogP contribution < -0.4 is 25.0 Å². The number of hydroxylamine groups is 2. The van der Waals surface area contributed by atoms with Crippen LogP contribution in [0.4, 0.5) is 5.69 Å². The van der Waals surface area contributed by atoms with Gasteiger partial charge in [-0.05, 0) is 110 Å². The molecular formula is C53H71N5O7. The molecule has 1 heterocycles. The average Bonchev–Trinajstić information content (AvgIpc) is 3.62. The van der Waals surface area contributed by atoms with Gasteiger partial charge in [0.2, 0.25) is 5.91 Å². The van der Waals surface area contributed by atoms with Crippen LogP contribution in [0.25, 0.3) is 11.1 Å². The smallest absolute Gasteiger partial charge is 0.251 e. The largest absolute Gasteiger partial charge is 0.497 e. The number of aliphatic hydroxyl groups is 2. The third kappa shape index (κ3) is 11.0. The molecule has 8 rings (SSSR count). The minimum atomic E-state index is -0.850. The van der Waals surface area contributed by atoms with Crippen molar-refractivity contribution in [1.82, 2.24) is 20.6 Å². The molecule has 65 heavy (non-hydrogen) atoms. The number of benzene rings is 4. The zero-order valence-corrected chi connectivity index (χ0v) is 39.8. The van der Waals surface area contributed by atoms with Gasteiger partial charge in [-0.25, -0.2) is 0 Å². The molecule has 2 bridgehead atoms. The Kier molecular flexibility index (Phi) is 15.3. The Hall–Kier alpha value is -4.98. The minimum absolute atomic E-state index is 0.0866. The summed E-state index contributed by atoms with van der Waals surface area (Å²) in [4.78, 5) is 38.9. The first-order valence-corrected chi connectivity index (χ1v) is 23.3. The maximum atomic E-state index is 14.3. The van der Waals surface area contributed by atoms with Crippen molar-refractivity contribution in [2.45, 2.75) is 96.9 Å². The Labute approximate surface area is 386 Å². The van der Waals surface area contributed by atoms with E-state index >= 15 is 0 Å². The molecule has 4 aliphatic rings. The third-order valence-corrected chi connectivity index (χ3v) is 14.6. The maximum Gasteiger partial charge on any atom is 0.251 e. The third-order valence-electron chi connectivity index (χ3n) is 14.6. The van der Waals surface area contributed by atoms with Crippen molar-refractivity contribution in [3.05, 3.63) is 113 Å². The van der Waals surface area contributed by atoms with Gasteiger partial charge in [0, 0.05) is 67.4 Å². The summed E-state index contributed by atoms with van der Waals surface area (Å²) < 4.78 is 12.2. The number of nitrogens with one attached hydrogen (secondary N) is 2. The summed E-state index contributed by atoms with van der Waals surface area (Å²) in [7, 11) is 9.56. The van der Waals surface area contributed by atoms with Crippen LogP contribution in [0.5, 0.6) is 11.5 Å². The van der Waals surface area contributed by atoms with Gasteiger partial charge in [0.25, 0.3) is 5.91 Å². The summed E-state index contributed by atoms with van der Waals surface area (Å²) in [6.07, 6.45) is 1.40. The van der Waals surface area contributed by atoms with Crippen LogP contribution in [0.15, 0.2) is 91.0 Å². The van der Waals surface area contributed by atoms with E-state index in [1.54, 1.807) is 19.1 Å². The number of fused-ring (bicyclic) bond motifs is 2. The standard InChI is InChI=1S/C53H71N5O7/c1-33-45-26-40(53(45,3)4)27-46(33)55-49(61)28-47-50(34(2)60)48(31-59)65-58(47)29-37-16-13-17-44(51(37)64-32-36-18-20-43(63-9)21-19-36)38-23-39(25-42(24-38)57(7)8)52(62)54-41(30-56(5)6)22-35-14-11-10-12-15-35/h10-21,23-25,33-34,40-41,45-48,50,59-60H,22,26-32H2,1-9H3,(H,54,62)(H,55,61)/t33-,34-,40+,41-,45-,46-,47+,48-,50+/m0/s1. The van der Waals surface area contributed by atoms with E-state index in [0.29, 0.717) is 47.4 Å². The molecule has 3 saturated carbocycles. The highest BCUT2D eigenvalue weighted by Crippen LogP contribution is 2.61. The molecule has 2 amide bonds. The summed E-state index contributed by atoms with van der Waals surface area (Å²) in [6, 6.07) is 29.2. The molecule has 4 N–H and O–H groups in total. The molecule has 4 aromatic carbocycles. The fourth-order valence-corrected chi connectivity index (χ4v) is 10.8. The molecule has 1 saturated heterocycles. The van der Waals surface area contributed by atoms with Crippen LogP contribution >= 0.6 is 0 Å². The molecule has 12 nitrogen and oxygen atoms in total. The maximum absolute atomic E-state index is 14.3. The molecule has 3 aliphatic carbocycles. The van der Waals surface area contributed by atoms with Gasteiger partial charge in [-0.1, -0.05) is 81.4 Å². The van der Waals surface area contributed by atoms with Gasteiger partial charge in [0.1, 0.15) is 24.2 Å². The molecule has 1 aliphatic heterocycles. The van der Waals surface area contributed by atoms with Gasteiger partial charge in [-0.3, -0.25) is 14.4 Å².